The molecule has 2 aromatic carbocycles. The predicted octanol–water partition coefficient (Wildman–Crippen LogP) is 2.48. The molecule has 0 aliphatic carbocycles. The Morgan fingerprint density at radius 3 is 2.50 bits per heavy atom. The zero-order valence-corrected chi connectivity index (χ0v) is 15.6. The third-order valence-corrected chi connectivity index (χ3v) is 3.64. The van der Waals surface area contributed by atoms with E-state index in [0.717, 1.165) is 0 Å². The number of hydrogen-bond donors (Lipinski definition) is 1. The van der Waals surface area contributed by atoms with Crippen molar-refractivity contribution < 1.29 is 28.2 Å². The van der Waals surface area contributed by atoms with E-state index in [1.165, 1.54) is 42.3 Å². The normalized spacial score (nSPS) is 10.1. The van der Waals surface area contributed by atoms with Gasteiger partial charge in [0.15, 0.2) is 6.61 Å². The number of benzene rings is 2. The maximum atomic E-state index is 12.9. The van der Waals surface area contributed by atoms with Gasteiger partial charge in [0.05, 0.1) is 18.7 Å². The number of rotatable bonds is 8. The van der Waals surface area contributed by atoms with Crippen molar-refractivity contribution in [1.29, 1.82) is 0 Å². The molecule has 0 radical (unpaired) electrons. The second kappa shape index (κ2) is 10.1. The molecule has 0 atom stereocenters. The predicted molar refractivity (Wildman–Crippen MR) is 101 cm³/mol. The molecule has 0 spiro atoms. The average molecular weight is 388 g/mol. The summed E-state index contributed by atoms with van der Waals surface area (Å²) in [5.74, 6) is -1.39. The van der Waals surface area contributed by atoms with Crippen LogP contribution in [0.2, 0.25) is 0 Å². The first kappa shape index (κ1) is 20.9. The van der Waals surface area contributed by atoms with Gasteiger partial charge in [-0.1, -0.05) is 6.07 Å². The first-order valence-electron chi connectivity index (χ1n) is 8.58. The molecule has 0 aliphatic heterocycles. The quantitative estimate of drug-likeness (QED) is 0.703. The summed E-state index contributed by atoms with van der Waals surface area (Å²) in [5, 5.41) is 2.57. The minimum Gasteiger partial charge on any atom is -0.484 e. The van der Waals surface area contributed by atoms with Crippen molar-refractivity contribution in [1.82, 2.24) is 4.90 Å². The Kier molecular flexibility index (Phi) is 7.50. The highest BCUT2D eigenvalue weighted by Gasteiger charge is 2.14. The van der Waals surface area contributed by atoms with E-state index in [2.05, 4.69) is 5.32 Å². The molecule has 0 fully saturated rings. The van der Waals surface area contributed by atoms with Gasteiger partial charge >= 0.3 is 5.97 Å². The van der Waals surface area contributed by atoms with Crippen LogP contribution in [0.25, 0.3) is 0 Å². The molecule has 2 aromatic rings. The van der Waals surface area contributed by atoms with E-state index < -0.39 is 23.6 Å². The van der Waals surface area contributed by atoms with Crippen LogP contribution in [0.4, 0.5) is 10.1 Å². The Morgan fingerprint density at radius 1 is 1.11 bits per heavy atom. The van der Waals surface area contributed by atoms with Crippen molar-refractivity contribution in [3.05, 3.63) is 59.9 Å². The third kappa shape index (κ3) is 6.39. The van der Waals surface area contributed by atoms with Gasteiger partial charge in [-0.2, -0.15) is 0 Å². The zero-order valence-electron chi connectivity index (χ0n) is 15.6. The maximum Gasteiger partial charge on any atom is 0.338 e. The Labute approximate surface area is 162 Å². The highest BCUT2D eigenvalue weighted by molar-refractivity contribution is 5.94. The van der Waals surface area contributed by atoms with Crippen LogP contribution in [0.1, 0.15) is 17.3 Å². The molecule has 0 unspecified atom stereocenters. The van der Waals surface area contributed by atoms with Gasteiger partial charge in [-0.15, -0.1) is 0 Å². The van der Waals surface area contributed by atoms with Crippen molar-refractivity contribution in [3.63, 3.8) is 0 Å². The lowest BCUT2D eigenvalue weighted by Gasteiger charge is -2.17. The van der Waals surface area contributed by atoms with Gasteiger partial charge < -0.3 is 19.7 Å². The topological polar surface area (TPSA) is 84.9 Å². The summed E-state index contributed by atoms with van der Waals surface area (Å²) in [5.41, 5.74) is 0.748. The number of hydrogen-bond acceptors (Lipinski definition) is 5. The van der Waals surface area contributed by atoms with Crippen LogP contribution in [0.3, 0.4) is 0 Å². The molecule has 0 saturated heterocycles. The Bertz CT molecular complexity index is 839. The molecular weight excluding hydrogens is 367 g/mol. The molecule has 148 valence electrons. The van der Waals surface area contributed by atoms with E-state index in [9.17, 15) is 18.8 Å². The molecule has 0 saturated carbocycles. The monoisotopic (exact) mass is 388 g/mol. The minimum absolute atomic E-state index is 0.192. The smallest absolute Gasteiger partial charge is 0.338 e. The van der Waals surface area contributed by atoms with Crippen molar-refractivity contribution >= 4 is 23.5 Å². The highest BCUT2D eigenvalue weighted by Crippen LogP contribution is 2.14. The van der Waals surface area contributed by atoms with Gasteiger partial charge in [0.2, 0.25) is 5.91 Å². The lowest BCUT2D eigenvalue weighted by molar-refractivity contribution is -0.135. The van der Waals surface area contributed by atoms with Gasteiger partial charge in [0.1, 0.15) is 11.6 Å². The van der Waals surface area contributed by atoms with Crippen LogP contribution >= 0.6 is 0 Å². The number of amides is 2. The van der Waals surface area contributed by atoms with Gasteiger partial charge in [-0.25, -0.2) is 9.18 Å². The fourth-order valence-corrected chi connectivity index (χ4v) is 2.22. The number of anilines is 1. The molecule has 8 heteroatoms. The number of carbonyl (C=O) groups is 3. The number of nitrogens with zero attached hydrogens (tertiary/aromatic N) is 1. The molecule has 7 nitrogen and oxygen atoms in total. The summed E-state index contributed by atoms with van der Waals surface area (Å²) in [6.07, 6.45) is 0. The maximum absolute atomic E-state index is 12.9. The van der Waals surface area contributed by atoms with E-state index in [4.69, 9.17) is 9.47 Å². The first-order valence-corrected chi connectivity index (χ1v) is 8.58. The van der Waals surface area contributed by atoms with Gasteiger partial charge in [0, 0.05) is 12.7 Å². The Balaban J connectivity index is 1.83. The van der Waals surface area contributed by atoms with Gasteiger partial charge in [-0.05, 0) is 49.4 Å². The largest absolute Gasteiger partial charge is 0.484 e. The molecule has 2 amide bonds. The molecule has 1 N–H and O–H groups in total. The van der Waals surface area contributed by atoms with E-state index in [0.29, 0.717) is 17.0 Å². The standard InChI is InChI=1S/C20H21FN2O5/c1-3-27-20(26)14-5-4-6-17(11-14)28-13-19(25)23(2)12-18(24)22-16-9-7-15(21)8-10-16/h4-11H,3,12-13H2,1-2H3,(H,22,24). The highest BCUT2D eigenvalue weighted by atomic mass is 19.1. The number of likely N-dealkylation sites (N-methyl/N-ethyl adjacent to an activating group) is 1. The van der Waals surface area contributed by atoms with Crippen LogP contribution in [-0.4, -0.2) is 49.5 Å². The second-order valence-corrected chi connectivity index (χ2v) is 5.84. The van der Waals surface area contributed by atoms with Crippen LogP contribution in [0.5, 0.6) is 5.75 Å². The first-order chi connectivity index (χ1) is 13.4. The van der Waals surface area contributed by atoms with Crippen molar-refractivity contribution in [2.75, 3.05) is 32.1 Å². The molecule has 0 aromatic heterocycles. The average Bonchev–Trinajstić information content (AvgIpc) is 2.68. The summed E-state index contributed by atoms with van der Waals surface area (Å²) in [4.78, 5) is 37.0. The van der Waals surface area contributed by atoms with E-state index in [1.54, 1.807) is 25.1 Å². The van der Waals surface area contributed by atoms with Gasteiger partial charge in [-0.3, -0.25) is 9.59 Å². The van der Waals surface area contributed by atoms with E-state index in [1.807, 2.05) is 0 Å². The van der Waals surface area contributed by atoms with Crippen LogP contribution in [-0.2, 0) is 14.3 Å². The number of esters is 1. The number of nitrogens with one attached hydrogen (secondary N) is 1. The second-order valence-electron chi connectivity index (χ2n) is 5.84. The summed E-state index contributed by atoms with van der Waals surface area (Å²) in [6.45, 7) is 1.47. The van der Waals surface area contributed by atoms with Crippen LogP contribution in [0.15, 0.2) is 48.5 Å². The minimum atomic E-state index is -0.478. The van der Waals surface area contributed by atoms with Crippen molar-refractivity contribution in [2.24, 2.45) is 0 Å². The molecular formula is C20H21FN2O5. The molecule has 0 heterocycles. The summed E-state index contributed by atoms with van der Waals surface area (Å²) >= 11 is 0. The third-order valence-electron chi connectivity index (χ3n) is 3.64. The Hall–Kier alpha value is -3.42. The molecule has 0 bridgehead atoms. The SMILES string of the molecule is CCOC(=O)c1cccc(OCC(=O)N(C)CC(=O)Nc2ccc(F)cc2)c1. The van der Waals surface area contributed by atoms with Gasteiger partial charge in [0.25, 0.3) is 5.91 Å². The lowest BCUT2D eigenvalue weighted by atomic mass is 10.2. The molecule has 28 heavy (non-hydrogen) atoms. The number of halogens is 1. The zero-order chi connectivity index (χ0) is 20.5. The summed E-state index contributed by atoms with van der Waals surface area (Å²) < 4.78 is 23.2. The molecule has 2 rings (SSSR count). The van der Waals surface area contributed by atoms with Crippen molar-refractivity contribution in [3.8, 4) is 5.75 Å². The fraction of sp³-hybridized carbons (Fsp3) is 0.250. The van der Waals surface area contributed by atoms with E-state index >= 15 is 0 Å². The lowest BCUT2D eigenvalue weighted by Crippen LogP contribution is -2.37. The Morgan fingerprint density at radius 2 is 1.82 bits per heavy atom. The van der Waals surface area contributed by atoms with Crippen molar-refractivity contribution in [2.45, 2.75) is 6.92 Å². The summed E-state index contributed by atoms with van der Waals surface area (Å²) in [7, 11) is 1.46. The van der Waals surface area contributed by atoms with Crippen LogP contribution < -0.4 is 10.1 Å². The van der Waals surface area contributed by atoms with E-state index in [-0.39, 0.29) is 19.8 Å². The fourth-order valence-electron chi connectivity index (χ4n) is 2.22. The number of carbonyl (C=O) groups excluding carboxylic acids is 3. The van der Waals surface area contributed by atoms with Crippen LogP contribution in [0, 0.1) is 5.82 Å². The molecule has 0 aliphatic rings. The summed E-state index contributed by atoms with van der Waals surface area (Å²) in [6, 6.07) is 11.6. The number of ether oxygens (including phenoxy) is 2.